The molecule has 0 bridgehead atoms. The third-order valence-corrected chi connectivity index (χ3v) is 4.32. The van der Waals surface area contributed by atoms with Gasteiger partial charge in [-0.05, 0) is 37.1 Å². The van der Waals surface area contributed by atoms with Crippen LogP contribution in [0.4, 0.5) is 0 Å². The van der Waals surface area contributed by atoms with Crippen LogP contribution < -0.4 is 5.32 Å². The van der Waals surface area contributed by atoms with Crippen LogP contribution in [0.1, 0.15) is 46.0 Å². The van der Waals surface area contributed by atoms with Gasteiger partial charge in [-0.15, -0.1) is 11.3 Å². The lowest BCUT2D eigenvalue weighted by molar-refractivity contribution is -0.117. The van der Waals surface area contributed by atoms with Gasteiger partial charge in [-0.2, -0.15) is 0 Å². The van der Waals surface area contributed by atoms with Gasteiger partial charge < -0.3 is 10.4 Å². The standard InChI is InChI=1S/C17H18N2O3S/c1-3-14(16-18-11(2)10-23-16)19-15(20)9-6-12-4-7-13(8-5-12)17(21)22/h4-10,14H,3H2,1-2H3,(H,19,20)(H,21,22). The van der Waals surface area contributed by atoms with E-state index in [0.717, 1.165) is 22.7 Å². The third-order valence-electron chi connectivity index (χ3n) is 3.24. The lowest BCUT2D eigenvalue weighted by atomic mass is 10.1. The molecule has 2 rings (SSSR count). The zero-order chi connectivity index (χ0) is 16.8. The molecule has 0 aliphatic rings. The Kier molecular flexibility index (Phi) is 5.65. The molecule has 1 aromatic carbocycles. The maximum atomic E-state index is 12.0. The molecule has 0 radical (unpaired) electrons. The smallest absolute Gasteiger partial charge is 0.335 e. The SMILES string of the molecule is CCC(NC(=O)C=Cc1ccc(C(=O)O)cc1)c1nc(C)cs1. The van der Waals surface area contributed by atoms with Gasteiger partial charge >= 0.3 is 5.97 Å². The molecule has 1 unspecified atom stereocenters. The number of hydrogen-bond donors (Lipinski definition) is 2. The third kappa shape index (κ3) is 4.75. The Balaban J connectivity index is 1.98. The molecule has 1 amide bonds. The van der Waals surface area contributed by atoms with Gasteiger partial charge in [-0.25, -0.2) is 9.78 Å². The van der Waals surface area contributed by atoms with Gasteiger partial charge in [0.05, 0.1) is 11.6 Å². The number of carbonyl (C=O) groups is 2. The van der Waals surface area contributed by atoms with Crippen molar-refractivity contribution >= 4 is 29.3 Å². The molecule has 6 heteroatoms. The van der Waals surface area contributed by atoms with E-state index in [2.05, 4.69) is 10.3 Å². The summed E-state index contributed by atoms with van der Waals surface area (Å²) in [6.45, 7) is 3.92. The van der Waals surface area contributed by atoms with Gasteiger partial charge in [-0.1, -0.05) is 19.1 Å². The Morgan fingerprint density at radius 3 is 2.57 bits per heavy atom. The second-order valence-electron chi connectivity index (χ2n) is 5.06. The number of rotatable bonds is 6. The number of aromatic nitrogens is 1. The van der Waals surface area contributed by atoms with Crippen molar-refractivity contribution in [3.05, 3.63) is 57.6 Å². The molecule has 120 valence electrons. The second kappa shape index (κ2) is 7.69. The van der Waals surface area contributed by atoms with Crippen LogP contribution in [-0.2, 0) is 4.79 Å². The molecule has 5 nitrogen and oxygen atoms in total. The maximum absolute atomic E-state index is 12.0. The highest BCUT2D eigenvalue weighted by Crippen LogP contribution is 2.20. The van der Waals surface area contributed by atoms with E-state index in [-0.39, 0.29) is 17.5 Å². The number of thiazole rings is 1. The number of carboxylic acids is 1. The van der Waals surface area contributed by atoms with Crippen molar-refractivity contribution in [2.24, 2.45) is 0 Å². The molecule has 1 atom stereocenters. The molecule has 1 aromatic heterocycles. The molecule has 0 spiro atoms. The summed E-state index contributed by atoms with van der Waals surface area (Å²) in [6.07, 6.45) is 3.86. The normalized spacial score (nSPS) is 12.3. The van der Waals surface area contributed by atoms with Crippen LogP contribution >= 0.6 is 11.3 Å². The minimum Gasteiger partial charge on any atom is -0.478 e. The number of carbonyl (C=O) groups excluding carboxylic acids is 1. The van der Waals surface area contributed by atoms with Crippen molar-refractivity contribution in [3.63, 3.8) is 0 Å². The Hall–Kier alpha value is -2.47. The number of amides is 1. The molecule has 2 aromatic rings. The van der Waals surface area contributed by atoms with Crippen molar-refractivity contribution in [2.45, 2.75) is 26.3 Å². The predicted octanol–water partition coefficient (Wildman–Crippen LogP) is 3.43. The molecule has 0 fully saturated rings. The van der Waals surface area contributed by atoms with Crippen LogP contribution in [0, 0.1) is 6.92 Å². The Bertz CT molecular complexity index is 720. The Morgan fingerprint density at radius 2 is 2.04 bits per heavy atom. The number of carboxylic acid groups (broad SMARTS) is 1. The molecule has 0 aliphatic heterocycles. The van der Waals surface area contributed by atoms with E-state index in [1.54, 1.807) is 18.2 Å². The molecule has 23 heavy (non-hydrogen) atoms. The highest BCUT2D eigenvalue weighted by atomic mass is 32.1. The van der Waals surface area contributed by atoms with Crippen LogP contribution in [0.5, 0.6) is 0 Å². The monoisotopic (exact) mass is 330 g/mol. The second-order valence-corrected chi connectivity index (χ2v) is 5.95. The van der Waals surface area contributed by atoms with E-state index >= 15 is 0 Å². The minimum atomic E-state index is -0.970. The van der Waals surface area contributed by atoms with Gasteiger partial charge in [0.25, 0.3) is 0 Å². The van der Waals surface area contributed by atoms with Crippen molar-refractivity contribution in [1.29, 1.82) is 0 Å². The first kappa shape index (κ1) is 16.9. The predicted molar refractivity (Wildman–Crippen MR) is 90.5 cm³/mol. The van der Waals surface area contributed by atoms with E-state index in [9.17, 15) is 9.59 Å². The largest absolute Gasteiger partial charge is 0.478 e. The molecule has 0 saturated carbocycles. The van der Waals surface area contributed by atoms with Crippen LogP contribution in [-0.4, -0.2) is 22.0 Å². The average Bonchev–Trinajstić information content (AvgIpc) is 2.97. The Labute approximate surface area is 138 Å². The molecule has 2 N–H and O–H groups in total. The first-order valence-corrected chi connectivity index (χ1v) is 8.11. The van der Waals surface area contributed by atoms with E-state index in [4.69, 9.17) is 5.11 Å². The van der Waals surface area contributed by atoms with Gasteiger partial charge in [0.15, 0.2) is 0 Å². The summed E-state index contributed by atoms with van der Waals surface area (Å²) in [5.41, 5.74) is 1.94. The quantitative estimate of drug-likeness (QED) is 0.795. The highest BCUT2D eigenvalue weighted by molar-refractivity contribution is 7.09. The molecule has 1 heterocycles. The molecule has 0 aliphatic carbocycles. The number of aromatic carboxylic acids is 1. The highest BCUT2D eigenvalue weighted by Gasteiger charge is 2.14. The van der Waals surface area contributed by atoms with E-state index in [0.29, 0.717) is 0 Å². The summed E-state index contributed by atoms with van der Waals surface area (Å²) in [5.74, 6) is -1.17. The van der Waals surface area contributed by atoms with E-state index in [1.165, 1.54) is 29.5 Å². The summed E-state index contributed by atoms with van der Waals surface area (Å²) in [5, 5.41) is 14.6. The fourth-order valence-corrected chi connectivity index (χ4v) is 2.93. The van der Waals surface area contributed by atoms with Crippen molar-refractivity contribution in [1.82, 2.24) is 10.3 Å². The van der Waals surface area contributed by atoms with Crippen LogP contribution in [0.2, 0.25) is 0 Å². The number of aryl methyl sites for hydroxylation is 1. The number of nitrogens with one attached hydrogen (secondary N) is 1. The van der Waals surface area contributed by atoms with Crippen molar-refractivity contribution in [3.8, 4) is 0 Å². The number of benzene rings is 1. The minimum absolute atomic E-state index is 0.0970. The summed E-state index contributed by atoms with van der Waals surface area (Å²) in [7, 11) is 0. The lowest BCUT2D eigenvalue weighted by Gasteiger charge is -2.12. The first-order chi connectivity index (χ1) is 11.0. The fourth-order valence-electron chi connectivity index (χ4n) is 2.00. The fraction of sp³-hybridized carbons (Fsp3) is 0.235. The molecular weight excluding hydrogens is 312 g/mol. The van der Waals surface area contributed by atoms with Gasteiger partial charge in [0.2, 0.25) is 5.91 Å². The maximum Gasteiger partial charge on any atom is 0.335 e. The summed E-state index contributed by atoms with van der Waals surface area (Å²) >= 11 is 1.54. The average molecular weight is 330 g/mol. The van der Waals surface area contributed by atoms with Gasteiger partial charge in [0.1, 0.15) is 5.01 Å². The van der Waals surface area contributed by atoms with E-state index < -0.39 is 5.97 Å². The van der Waals surface area contributed by atoms with Crippen molar-refractivity contribution in [2.75, 3.05) is 0 Å². The number of nitrogens with zero attached hydrogens (tertiary/aromatic N) is 1. The molecule has 0 saturated heterocycles. The van der Waals surface area contributed by atoms with Crippen LogP contribution in [0.15, 0.2) is 35.7 Å². The van der Waals surface area contributed by atoms with E-state index in [1.807, 2.05) is 19.2 Å². The van der Waals surface area contributed by atoms with Crippen molar-refractivity contribution < 1.29 is 14.7 Å². The van der Waals surface area contributed by atoms with Crippen LogP contribution in [0.25, 0.3) is 6.08 Å². The summed E-state index contributed by atoms with van der Waals surface area (Å²) in [6, 6.07) is 6.24. The zero-order valence-corrected chi connectivity index (χ0v) is 13.8. The zero-order valence-electron chi connectivity index (χ0n) is 12.9. The lowest BCUT2D eigenvalue weighted by Crippen LogP contribution is -2.26. The molecular formula is C17H18N2O3S. The topological polar surface area (TPSA) is 79.3 Å². The summed E-state index contributed by atoms with van der Waals surface area (Å²) < 4.78 is 0. The first-order valence-electron chi connectivity index (χ1n) is 7.23. The number of hydrogen-bond acceptors (Lipinski definition) is 4. The van der Waals surface area contributed by atoms with Crippen LogP contribution in [0.3, 0.4) is 0 Å². The van der Waals surface area contributed by atoms with Gasteiger partial charge in [-0.3, -0.25) is 4.79 Å². The summed E-state index contributed by atoms with van der Waals surface area (Å²) in [4.78, 5) is 27.2. The van der Waals surface area contributed by atoms with Gasteiger partial charge in [0, 0.05) is 17.2 Å². The Morgan fingerprint density at radius 1 is 1.35 bits per heavy atom.